The van der Waals surface area contributed by atoms with Crippen LogP contribution in [-0.4, -0.2) is 53.2 Å². The molecule has 3 saturated heterocycles. The molecule has 1 spiro atoms. The van der Waals surface area contributed by atoms with E-state index in [1.54, 1.807) is 0 Å². The van der Waals surface area contributed by atoms with Gasteiger partial charge in [-0.05, 0) is 31.7 Å². The molecule has 5 heteroatoms. The number of fused-ring (bicyclic) bond motifs is 2. The number of ether oxygens (including phenoxy) is 1. The summed E-state index contributed by atoms with van der Waals surface area (Å²) < 4.78 is 6.58. The molecule has 4 heterocycles. The fourth-order valence-electron chi connectivity index (χ4n) is 6.61. The molecule has 1 aliphatic carbocycles. The Hall–Kier alpha value is -1.85. The van der Waals surface area contributed by atoms with Crippen LogP contribution >= 0.6 is 0 Å². The first-order valence-corrected chi connectivity index (χ1v) is 11.0. The number of H-pyrrole nitrogens is 1. The van der Waals surface area contributed by atoms with Crippen LogP contribution in [0.3, 0.4) is 0 Å². The van der Waals surface area contributed by atoms with Crippen molar-refractivity contribution in [3.63, 3.8) is 0 Å². The Morgan fingerprint density at radius 3 is 3.00 bits per heavy atom. The van der Waals surface area contributed by atoms with Gasteiger partial charge in [0.05, 0.1) is 17.3 Å². The molecule has 4 atom stereocenters. The van der Waals surface area contributed by atoms with Crippen molar-refractivity contribution < 1.29 is 9.53 Å². The first-order chi connectivity index (χ1) is 13.7. The molecule has 5 nitrogen and oxygen atoms in total. The number of nitrogens with one attached hydrogen (secondary N) is 2. The van der Waals surface area contributed by atoms with E-state index in [1.807, 2.05) is 30.5 Å². The number of amides is 1. The number of aromatic amines is 1. The van der Waals surface area contributed by atoms with E-state index < -0.39 is 0 Å². The maximum atomic E-state index is 12.9. The molecule has 28 heavy (non-hydrogen) atoms. The van der Waals surface area contributed by atoms with Crippen LogP contribution in [0.1, 0.15) is 48.9 Å². The highest BCUT2D eigenvalue weighted by Gasteiger charge is 2.63. The van der Waals surface area contributed by atoms with Gasteiger partial charge in [-0.2, -0.15) is 0 Å². The van der Waals surface area contributed by atoms with Gasteiger partial charge in [-0.15, -0.1) is 0 Å². The molecule has 1 aromatic heterocycles. The van der Waals surface area contributed by atoms with Gasteiger partial charge in [0.15, 0.2) is 0 Å². The normalized spacial score (nSPS) is 35.1. The highest BCUT2D eigenvalue weighted by Crippen LogP contribution is 2.55. The van der Waals surface area contributed by atoms with Gasteiger partial charge in [0.25, 0.3) is 5.91 Å². The lowest BCUT2D eigenvalue weighted by Crippen LogP contribution is -2.41. The van der Waals surface area contributed by atoms with Crippen molar-refractivity contribution in [2.45, 2.75) is 56.3 Å². The number of hydrogen-bond donors (Lipinski definition) is 2. The number of carbonyl (C=O) groups is 1. The summed E-state index contributed by atoms with van der Waals surface area (Å²) in [6.45, 7) is 3.01. The fraction of sp³-hybridized carbons (Fsp3) is 0.609. The zero-order chi connectivity index (χ0) is 18.7. The largest absolute Gasteiger partial charge is 0.370 e. The highest BCUT2D eigenvalue weighted by atomic mass is 16.5. The number of carbonyl (C=O) groups excluding carboxylic acids is 1. The molecule has 1 saturated carbocycles. The van der Waals surface area contributed by atoms with Gasteiger partial charge < -0.3 is 15.0 Å². The number of nitrogens with zero attached hydrogens (tertiary/aromatic N) is 1. The van der Waals surface area contributed by atoms with E-state index in [-0.39, 0.29) is 11.5 Å². The molecule has 2 aromatic rings. The highest BCUT2D eigenvalue weighted by molar-refractivity contribution is 6.06. The van der Waals surface area contributed by atoms with E-state index in [9.17, 15) is 4.79 Å². The van der Waals surface area contributed by atoms with Crippen LogP contribution in [0.15, 0.2) is 30.5 Å². The van der Waals surface area contributed by atoms with Crippen molar-refractivity contribution >= 4 is 16.8 Å². The van der Waals surface area contributed by atoms with Gasteiger partial charge in [-0.25, -0.2) is 0 Å². The number of para-hydroxylation sites is 1. The zero-order valence-corrected chi connectivity index (χ0v) is 16.3. The molecule has 0 radical (unpaired) electrons. The zero-order valence-electron chi connectivity index (χ0n) is 16.3. The van der Waals surface area contributed by atoms with E-state index in [0.717, 1.165) is 48.6 Å². The topological polar surface area (TPSA) is 57.4 Å². The SMILES string of the molecule is O=C(NC[C@H]1[C@H]2CN(C3CCCC3)C[C@]23CC[C@H]1O3)c1c[nH]c2ccccc12. The molecule has 2 bridgehead atoms. The Labute approximate surface area is 165 Å². The van der Waals surface area contributed by atoms with Crippen LogP contribution in [0.2, 0.25) is 0 Å². The summed E-state index contributed by atoms with van der Waals surface area (Å²) in [7, 11) is 0. The lowest BCUT2D eigenvalue weighted by Gasteiger charge is -2.29. The predicted octanol–water partition coefficient (Wildman–Crippen LogP) is 3.32. The first-order valence-electron chi connectivity index (χ1n) is 11.0. The maximum absolute atomic E-state index is 12.9. The Kier molecular flexibility index (Phi) is 3.85. The van der Waals surface area contributed by atoms with E-state index in [1.165, 1.54) is 32.1 Å². The molecule has 148 valence electrons. The standard InChI is InChI=1S/C23H29N3O2/c27-22(17-11-24-20-8-4-3-7-16(17)20)25-12-18-19-13-26(15-5-1-2-6-15)14-23(19)10-9-21(18)28-23/h3-4,7-8,11,15,18-19,21,24H,1-2,5-6,9-10,12-14H2,(H,25,27)/t18-,19+,21+,23+/m0/s1. The minimum atomic E-state index is 0.0277. The van der Waals surface area contributed by atoms with E-state index >= 15 is 0 Å². The molecule has 1 amide bonds. The second kappa shape index (κ2) is 6.33. The smallest absolute Gasteiger partial charge is 0.253 e. The van der Waals surface area contributed by atoms with Crippen LogP contribution in [0.25, 0.3) is 10.9 Å². The van der Waals surface area contributed by atoms with Crippen LogP contribution in [0, 0.1) is 11.8 Å². The second-order valence-electron chi connectivity index (χ2n) is 9.36. The number of hydrogen-bond acceptors (Lipinski definition) is 3. The lowest BCUT2D eigenvalue weighted by atomic mass is 9.73. The van der Waals surface area contributed by atoms with Crippen molar-refractivity contribution in [1.82, 2.24) is 15.2 Å². The number of rotatable bonds is 4. The molecule has 4 aliphatic rings. The molecule has 4 fully saturated rings. The third kappa shape index (κ3) is 2.49. The van der Waals surface area contributed by atoms with Gasteiger partial charge >= 0.3 is 0 Å². The summed E-state index contributed by atoms with van der Waals surface area (Å²) in [5.74, 6) is 1.06. The monoisotopic (exact) mass is 379 g/mol. The summed E-state index contributed by atoms with van der Waals surface area (Å²) in [6, 6.07) is 8.76. The Bertz CT molecular complexity index is 902. The van der Waals surface area contributed by atoms with Gasteiger partial charge in [0.1, 0.15) is 0 Å². The molecule has 2 N–H and O–H groups in total. The van der Waals surface area contributed by atoms with Crippen LogP contribution in [-0.2, 0) is 4.74 Å². The quantitative estimate of drug-likeness (QED) is 0.857. The minimum absolute atomic E-state index is 0.0277. The molecule has 3 aliphatic heterocycles. The van der Waals surface area contributed by atoms with Crippen molar-refractivity contribution in [2.24, 2.45) is 11.8 Å². The summed E-state index contributed by atoms with van der Waals surface area (Å²) in [4.78, 5) is 18.8. The Balaban J connectivity index is 1.16. The summed E-state index contributed by atoms with van der Waals surface area (Å²) in [5.41, 5.74) is 1.83. The van der Waals surface area contributed by atoms with Crippen LogP contribution in [0.4, 0.5) is 0 Å². The first kappa shape index (κ1) is 17.0. The number of benzene rings is 1. The van der Waals surface area contributed by atoms with E-state index in [2.05, 4.69) is 15.2 Å². The van der Waals surface area contributed by atoms with Crippen LogP contribution in [0.5, 0.6) is 0 Å². The molecule has 1 aromatic carbocycles. The average molecular weight is 380 g/mol. The number of likely N-dealkylation sites (tertiary alicyclic amines) is 1. The maximum Gasteiger partial charge on any atom is 0.253 e. The predicted molar refractivity (Wildman–Crippen MR) is 108 cm³/mol. The average Bonchev–Trinajstić information content (AvgIpc) is 3.51. The van der Waals surface area contributed by atoms with E-state index in [4.69, 9.17) is 4.74 Å². The fourth-order valence-corrected chi connectivity index (χ4v) is 6.61. The van der Waals surface area contributed by atoms with Crippen molar-refractivity contribution in [1.29, 1.82) is 0 Å². The van der Waals surface area contributed by atoms with Crippen molar-refractivity contribution in [3.05, 3.63) is 36.0 Å². The minimum Gasteiger partial charge on any atom is -0.370 e. The molecular weight excluding hydrogens is 350 g/mol. The Morgan fingerprint density at radius 1 is 1.25 bits per heavy atom. The van der Waals surface area contributed by atoms with Crippen LogP contribution < -0.4 is 5.32 Å². The van der Waals surface area contributed by atoms with Crippen molar-refractivity contribution in [2.75, 3.05) is 19.6 Å². The van der Waals surface area contributed by atoms with Gasteiger partial charge in [-0.1, -0.05) is 31.0 Å². The van der Waals surface area contributed by atoms with Crippen molar-refractivity contribution in [3.8, 4) is 0 Å². The molecule has 6 rings (SSSR count). The second-order valence-corrected chi connectivity index (χ2v) is 9.36. The summed E-state index contributed by atoms with van der Waals surface area (Å²) in [5, 5.41) is 4.23. The molecule has 0 unspecified atom stereocenters. The third-order valence-electron chi connectivity index (χ3n) is 7.98. The third-order valence-corrected chi connectivity index (χ3v) is 7.98. The van der Waals surface area contributed by atoms with Gasteiger partial charge in [0, 0.05) is 54.6 Å². The molecular formula is C23H29N3O2. The van der Waals surface area contributed by atoms with Gasteiger partial charge in [0.2, 0.25) is 0 Å². The number of aromatic nitrogens is 1. The summed E-state index contributed by atoms with van der Waals surface area (Å²) in [6.07, 6.45) is 10.00. The summed E-state index contributed by atoms with van der Waals surface area (Å²) >= 11 is 0. The Morgan fingerprint density at radius 2 is 2.11 bits per heavy atom. The lowest BCUT2D eigenvalue weighted by molar-refractivity contribution is -0.000873. The van der Waals surface area contributed by atoms with E-state index in [0.29, 0.717) is 17.9 Å². The van der Waals surface area contributed by atoms with Gasteiger partial charge in [-0.3, -0.25) is 9.69 Å².